The largest absolute Gasteiger partial charge is 0.351 e. The van der Waals surface area contributed by atoms with Gasteiger partial charge in [-0.25, -0.2) is 0 Å². The first-order chi connectivity index (χ1) is 7.25. The van der Waals surface area contributed by atoms with Crippen LogP contribution in [0.1, 0.15) is 12.8 Å². The van der Waals surface area contributed by atoms with Crippen LogP contribution in [0.25, 0.3) is 0 Å². The van der Waals surface area contributed by atoms with E-state index in [-0.39, 0.29) is 17.9 Å². The van der Waals surface area contributed by atoms with Crippen LogP contribution in [-0.4, -0.2) is 37.0 Å². The number of hydrogen-bond acceptors (Lipinski definition) is 3. The average molecular weight is 209 g/mol. The van der Waals surface area contributed by atoms with Crippen molar-refractivity contribution in [2.24, 2.45) is 11.8 Å². The third-order valence-corrected chi connectivity index (χ3v) is 3.71. The molecule has 5 heteroatoms. The van der Waals surface area contributed by atoms with Gasteiger partial charge in [0.05, 0.1) is 0 Å². The van der Waals surface area contributed by atoms with Gasteiger partial charge in [-0.15, -0.1) is 0 Å². The lowest BCUT2D eigenvalue weighted by atomic mass is 10.2. The van der Waals surface area contributed by atoms with Crippen LogP contribution < -0.4 is 16.0 Å². The second-order valence-corrected chi connectivity index (χ2v) is 4.68. The van der Waals surface area contributed by atoms with Crippen LogP contribution in [0.3, 0.4) is 0 Å². The van der Waals surface area contributed by atoms with E-state index >= 15 is 0 Å². The zero-order chi connectivity index (χ0) is 10.4. The molecule has 3 fully saturated rings. The third-order valence-electron chi connectivity index (χ3n) is 3.71. The molecule has 0 bridgehead atoms. The maximum Gasteiger partial charge on any atom is 0.242 e. The highest BCUT2D eigenvalue weighted by Gasteiger charge is 2.54. The van der Waals surface area contributed by atoms with Gasteiger partial charge in [-0.3, -0.25) is 9.59 Å². The zero-order valence-corrected chi connectivity index (χ0v) is 8.45. The highest BCUT2D eigenvalue weighted by atomic mass is 16.2. The number of amides is 2. The van der Waals surface area contributed by atoms with E-state index in [1.165, 1.54) is 0 Å². The summed E-state index contributed by atoms with van der Waals surface area (Å²) in [6.45, 7) is 2.04. The standard InChI is InChI=1S/C10H15N3O2/c14-8-2-1-7(12-8)10(15)13-9-5-3-11-4-6(5)9/h5-7,9,11H,1-4H2,(H,12,14)(H,13,15). The molecule has 82 valence electrons. The summed E-state index contributed by atoms with van der Waals surface area (Å²) in [5.74, 6) is 1.25. The molecule has 5 nitrogen and oxygen atoms in total. The van der Waals surface area contributed by atoms with Crippen LogP contribution in [-0.2, 0) is 9.59 Å². The van der Waals surface area contributed by atoms with E-state index in [1.54, 1.807) is 0 Å². The van der Waals surface area contributed by atoms with E-state index < -0.39 is 0 Å². The van der Waals surface area contributed by atoms with Gasteiger partial charge in [-0.2, -0.15) is 0 Å². The smallest absolute Gasteiger partial charge is 0.242 e. The average Bonchev–Trinajstić information content (AvgIpc) is 2.66. The molecule has 15 heavy (non-hydrogen) atoms. The van der Waals surface area contributed by atoms with Crippen molar-refractivity contribution < 1.29 is 9.59 Å². The number of fused-ring (bicyclic) bond motifs is 1. The fraction of sp³-hybridized carbons (Fsp3) is 0.800. The zero-order valence-electron chi connectivity index (χ0n) is 8.45. The van der Waals surface area contributed by atoms with Crippen LogP contribution in [0.15, 0.2) is 0 Å². The highest BCUT2D eigenvalue weighted by Crippen LogP contribution is 2.41. The maximum absolute atomic E-state index is 11.7. The van der Waals surface area contributed by atoms with Crippen LogP contribution >= 0.6 is 0 Å². The van der Waals surface area contributed by atoms with Crippen molar-refractivity contribution in [1.82, 2.24) is 16.0 Å². The summed E-state index contributed by atoms with van der Waals surface area (Å²) in [5.41, 5.74) is 0. The summed E-state index contributed by atoms with van der Waals surface area (Å²) in [6.07, 6.45) is 1.13. The molecule has 2 amide bonds. The Hall–Kier alpha value is -1.10. The van der Waals surface area contributed by atoms with Crippen molar-refractivity contribution in [3.05, 3.63) is 0 Å². The molecule has 0 aromatic rings. The summed E-state index contributed by atoms with van der Waals surface area (Å²) in [5, 5.41) is 8.99. The summed E-state index contributed by atoms with van der Waals surface area (Å²) >= 11 is 0. The van der Waals surface area contributed by atoms with Gasteiger partial charge in [0.2, 0.25) is 11.8 Å². The first kappa shape index (κ1) is 9.15. The van der Waals surface area contributed by atoms with Gasteiger partial charge >= 0.3 is 0 Å². The number of hydrogen-bond donors (Lipinski definition) is 3. The highest BCUT2D eigenvalue weighted by molar-refractivity contribution is 5.91. The fourth-order valence-electron chi connectivity index (χ4n) is 2.71. The Bertz CT molecular complexity index is 308. The Morgan fingerprint density at radius 2 is 2.07 bits per heavy atom. The molecule has 0 aromatic heterocycles. The molecule has 1 saturated carbocycles. The minimum atomic E-state index is -0.285. The molecule has 0 aromatic carbocycles. The molecule has 2 heterocycles. The van der Waals surface area contributed by atoms with E-state index in [9.17, 15) is 9.59 Å². The van der Waals surface area contributed by atoms with Crippen LogP contribution in [0, 0.1) is 11.8 Å². The predicted octanol–water partition coefficient (Wildman–Crippen LogP) is -1.40. The second-order valence-electron chi connectivity index (χ2n) is 4.68. The first-order valence-electron chi connectivity index (χ1n) is 5.56. The number of carbonyl (C=O) groups is 2. The van der Waals surface area contributed by atoms with E-state index in [0.29, 0.717) is 30.7 Å². The minimum Gasteiger partial charge on any atom is -0.351 e. The molecule has 3 unspecified atom stereocenters. The molecule has 2 aliphatic heterocycles. The maximum atomic E-state index is 11.7. The first-order valence-corrected chi connectivity index (χ1v) is 5.56. The van der Waals surface area contributed by atoms with Crippen LogP contribution in [0.4, 0.5) is 0 Å². The lowest BCUT2D eigenvalue weighted by Crippen LogP contribution is -2.44. The summed E-state index contributed by atoms with van der Waals surface area (Å²) in [6, 6.07) is 0.0723. The molecule has 0 spiro atoms. The van der Waals surface area contributed by atoms with Gasteiger partial charge in [0, 0.05) is 25.6 Å². The number of nitrogens with one attached hydrogen (secondary N) is 3. The van der Waals surface area contributed by atoms with E-state index in [2.05, 4.69) is 16.0 Å². The SMILES string of the molecule is O=C1CCC(C(=O)NC2C3CNCC32)N1. The van der Waals surface area contributed by atoms with Crippen LogP contribution in [0.5, 0.6) is 0 Å². The lowest BCUT2D eigenvalue weighted by molar-refractivity contribution is -0.126. The minimum absolute atomic E-state index is 0.000231. The van der Waals surface area contributed by atoms with E-state index in [0.717, 1.165) is 13.1 Å². The Morgan fingerprint density at radius 3 is 2.67 bits per heavy atom. The van der Waals surface area contributed by atoms with Gasteiger partial charge in [0.1, 0.15) is 6.04 Å². The molecular weight excluding hydrogens is 194 g/mol. The Morgan fingerprint density at radius 1 is 1.33 bits per heavy atom. The van der Waals surface area contributed by atoms with Crippen molar-refractivity contribution >= 4 is 11.8 Å². The lowest BCUT2D eigenvalue weighted by Gasteiger charge is -2.12. The molecule has 1 aliphatic carbocycles. The van der Waals surface area contributed by atoms with Crippen LogP contribution in [0.2, 0.25) is 0 Å². The monoisotopic (exact) mass is 209 g/mol. The summed E-state index contributed by atoms with van der Waals surface area (Å²) in [7, 11) is 0. The van der Waals surface area contributed by atoms with Gasteiger partial charge in [-0.05, 0) is 18.3 Å². The van der Waals surface area contributed by atoms with Crippen molar-refractivity contribution in [3.8, 4) is 0 Å². The van der Waals surface area contributed by atoms with Crippen molar-refractivity contribution in [2.45, 2.75) is 24.9 Å². The molecule has 3 aliphatic rings. The van der Waals surface area contributed by atoms with Crippen molar-refractivity contribution in [3.63, 3.8) is 0 Å². The quantitative estimate of drug-likeness (QED) is 0.524. The Balaban J connectivity index is 1.52. The van der Waals surface area contributed by atoms with Gasteiger partial charge in [0.15, 0.2) is 0 Å². The topological polar surface area (TPSA) is 70.2 Å². The second kappa shape index (κ2) is 3.20. The molecule has 0 radical (unpaired) electrons. The van der Waals surface area contributed by atoms with Gasteiger partial charge in [-0.1, -0.05) is 0 Å². The molecule has 3 N–H and O–H groups in total. The Kier molecular flexibility index (Phi) is 1.95. The molecule has 2 saturated heterocycles. The van der Waals surface area contributed by atoms with E-state index in [1.807, 2.05) is 0 Å². The third kappa shape index (κ3) is 1.51. The van der Waals surface area contributed by atoms with Gasteiger partial charge in [0.25, 0.3) is 0 Å². The summed E-state index contributed by atoms with van der Waals surface area (Å²) < 4.78 is 0. The fourth-order valence-corrected chi connectivity index (χ4v) is 2.71. The predicted molar refractivity (Wildman–Crippen MR) is 52.9 cm³/mol. The Labute approximate surface area is 88.0 Å². The molecule has 3 atom stereocenters. The molecule has 3 rings (SSSR count). The number of carbonyl (C=O) groups excluding carboxylic acids is 2. The number of piperidine rings is 1. The normalized spacial score (nSPS) is 42.3. The van der Waals surface area contributed by atoms with E-state index in [4.69, 9.17) is 0 Å². The van der Waals surface area contributed by atoms with Crippen molar-refractivity contribution in [1.29, 1.82) is 0 Å². The van der Waals surface area contributed by atoms with Gasteiger partial charge < -0.3 is 16.0 Å². The molecular formula is C10H15N3O2. The number of rotatable bonds is 2. The van der Waals surface area contributed by atoms with Crippen molar-refractivity contribution in [2.75, 3.05) is 13.1 Å². The summed E-state index contributed by atoms with van der Waals surface area (Å²) in [4.78, 5) is 22.7.